The number of nitrogens with zero attached hydrogens (tertiary/aromatic N) is 2. The molecule has 2 atom stereocenters. The Morgan fingerprint density at radius 2 is 1.65 bits per heavy atom. The standard InChI is InChI=1S/C35H41ClF2N4O10P2/c1-6-47-22-53(45,49-8-3)35(54(46,50-9-4)51-10-5)41-32-31(36)29(17-19-39-32)52-27-16-13-24(21-26(27)38)40-33(43)30-28(48-7-2)18-20-42(34(30)44)25-14-11-23(37)12-15-25/h11-21,35,46H,6-10,22H2,1-5H3,(H-,39,40,41,43)/p+1. The Morgan fingerprint density at radius 1 is 0.944 bits per heavy atom. The molecule has 292 valence electrons. The summed E-state index contributed by atoms with van der Waals surface area (Å²) in [6, 6.07) is 11.4. The summed E-state index contributed by atoms with van der Waals surface area (Å²) in [5.74, 6) is -2.81. The van der Waals surface area contributed by atoms with Gasteiger partial charge in [-0.05, 0) is 77.1 Å². The number of pyridine rings is 2. The Kier molecular flexibility index (Phi) is 15.5. The zero-order chi connectivity index (χ0) is 39.5. The molecule has 0 saturated carbocycles. The van der Waals surface area contributed by atoms with E-state index in [-0.39, 0.29) is 78.7 Å². The zero-order valence-electron chi connectivity index (χ0n) is 30.2. The van der Waals surface area contributed by atoms with Crippen LogP contribution in [0.1, 0.15) is 45.0 Å². The highest BCUT2D eigenvalue weighted by molar-refractivity contribution is 7.78. The fourth-order valence-electron chi connectivity index (χ4n) is 5.08. The first-order chi connectivity index (χ1) is 25.8. The molecule has 3 N–H and O–H groups in total. The lowest BCUT2D eigenvalue weighted by Gasteiger charge is -2.31. The second-order valence-corrected chi connectivity index (χ2v) is 16.4. The van der Waals surface area contributed by atoms with E-state index in [9.17, 15) is 23.4 Å². The number of ether oxygens (including phenoxy) is 3. The van der Waals surface area contributed by atoms with Crippen molar-refractivity contribution in [3.8, 4) is 22.9 Å². The molecule has 0 bridgehead atoms. The maximum absolute atomic E-state index is 15.5. The van der Waals surface area contributed by atoms with Gasteiger partial charge in [-0.15, -0.1) is 0 Å². The molecule has 2 aromatic heterocycles. The molecule has 0 aliphatic heterocycles. The number of carbonyl (C=O) groups is 1. The Morgan fingerprint density at radius 3 is 2.26 bits per heavy atom. The van der Waals surface area contributed by atoms with E-state index in [1.807, 2.05) is 0 Å². The number of aromatic nitrogens is 2. The first-order valence-electron chi connectivity index (χ1n) is 16.9. The van der Waals surface area contributed by atoms with E-state index < -0.39 is 43.9 Å². The molecule has 0 saturated heterocycles. The lowest BCUT2D eigenvalue weighted by atomic mass is 10.2. The van der Waals surface area contributed by atoms with Crippen LogP contribution in [-0.4, -0.2) is 65.3 Å². The zero-order valence-corrected chi connectivity index (χ0v) is 32.8. The van der Waals surface area contributed by atoms with Crippen molar-refractivity contribution in [2.24, 2.45) is 0 Å². The highest BCUT2D eigenvalue weighted by atomic mass is 35.5. The van der Waals surface area contributed by atoms with Gasteiger partial charge in [0, 0.05) is 42.5 Å². The highest BCUT2D eigenvalue weighted by Crippen LogP contribution is 2.74. The summed E-state index contributed by atoms with van der Waals surface area (Å²) in [5.41, 5.74) is -2.31. The average molecular weight is 814 g/mol. The van der Waals surface area contributed by atoms with Gasteiger partial charge in [0.25, 0.3) is 24.4 Å². The van der Waals surface area contributed by atoms with Crippen LogP contribution < -0.4 is 25.7 Å². The Labute approximate surface area is 316 Å². The van der Waals surface area contributed by atoms with E-state index in [2.05, 4.69) is 15.6 Å². The molecule has 0 aliphatic carbocycles. The van der Waals surface area contributed by atoms with Crippen LogP contribution in [0.4, 0.5) is 20.3 Å². The minimum absolute atomic E-state index is 0.00337. The number of amides is 1. The third-order valence-corrected chi connectivity index (χ3v) is 13.8. The third kappa shape index (κ3) is 10.2. The second-order valence-electron chi connectivity index (χ2n) is 11.0. The molecule has 2 heterocycles. The molecule has 2 aromatic carbocycles. The maximum atomic E-state index is 15.5. The number of halogens is 3. The topological polar surface area (TPSA) is 169 Å². The number of nitrogens with one attached hydrogen (secondary N) is 2. The summed E-state index contributed by atoms with van der Waals surface area (Å²) >= 11 is 6.67. The van der Waals surface area contributed by atoms with Crippen LogP contribution in [0.25, 0.3) is 5.69 Å². The van der Waals surface area contributed by atoms with Gasteiger partial charge in [-0.3, -0.25) is 18.7 Å². The Hall–Kier alpha value is -3.98. The van der Waals surface area contributed by atoms with E-state index in [1.54, 1.807) is 34.6 Å². The quantitative estimate of drug-likeness (QED) is 0.0730. The van der Waals surface area contributed by atoms with Gasteiger partial charge in [-0.25, -0.2) is 13.8 Å². The van der Waals surface area contributed by atoms with Crippen molar-refractivity contribution in [2.75, 3.05) is 50.0 Å². The first-order valence-corrected chi connectivity index (χ1v) is 20.8. The summed E-state index contributed by atoms with van der Waals surface area (Å²) in [7, 11) is -7.90. The Bertz CT molecular complexity index is 2000. The van der Waals surface area contributed by atoms with E-state index in [4.69, 9.17) is 39.4 Å². The fourth-order valence-corrected chi connectivity index (χ4v) is 10.8. The fraction of sp³-hybridized carbons (Fsp3) is 0.343. The predicted molar refractivity (Wildman–Crippen MR) is 202 cm³/mol. The van der Waals surface area contributed by atoms with Crippen LogP contribution >= 0.6 is 26.9 Å². The van der Waals surface area contributed by atoms with Crippen LogP contribution in [0.5, 0.6) is 17.2 Å². The molecule has 14 nitrogen and oxygen atoms in total. The minimum Gasteiger partial charge on any atom is -0.493 e. The monoisotopic (exact) mass is 813 g/mol. The van der Waals surface area contributed by atoms with E-state index in [0.29, 0.717) is 5.69 Å². The largest absolute Gasteiger partial charge is 0.493 e. The van der Waals surface area contributed by atoms with Crippen LogP contribution in [0, 0.1) is 11.6 Å². The summed E-state index contributed by atoms with van der Waals surface area (Å²) < 4.78 is 78.1. The maximum Gasteiger partial charge on any atom is 0.443 e. The number of benzene rings is 2. The average Bonchev–Trinajstić information content (AvgIpc) is 3.13. The van der Waals surface area contributed by atoms with Crippen molar-refractivity contribution in [1.82, 2.24) is 9.55 Å². The summed E-state index contributed by atoms with van der Waals surface area (Å²) in [6.07, 6.45) is 2.29. The second kappa shape index (κ2) is 19.6. The molecular weight excluding hydrogens is 772 g/mol. The Balaban J connectivity index is 1.62. The van der Waals surface area contributed by atoms with Crippen molar-refractivity contribution < 1.29 is 50.8 Å². The molecular formula is C35H42ClF2N4O10P2+. The van der Waals surface area contributed by atoms with E-state index in [0.717, 1.165) is 10.6 Å². The van der Waals surface area contributed by atoms with Crippen LogP contribution in [0.2, 0.25) is 5.02 Å². The number of rotatable bonds is 20. The smallest absolute Gasteiger partial charge is 0.443 e. The normalized spacial score (nSPS) is 13.2. The molecule has 54 heavy (non-hydrogen) atoms. The third-order valence-electron chi connectivity index (χ3n) is 7.35. The van der Waals surface area contributed by atoms with E-state index in [1.165, 1.54) is 60.9 Å². The summed E-state index contributed by atoms with van der Waals surface area (Å²) in [4.78, 5) is 42.7. The van der Waals surface area contributed by atoms with Crippen LogP contribution in [-0.2, 0) is 22.9 Å². The van der Waals surface area contributed by atoms with Gasteiger partial charge in [-0.2, -0.15) is 13.9 Å². The molecule has 2 unspecified atom stereocenters. The van der Waals surface area contributed by atoms with Crippen LogP contribution in [0.3, 0.4) is 0 Å². The van der Waals surface area contributed by atoms with Gasteiger partial charge in [-0.1, -0.05) is 11.6 Å². The molecule has 19 heteroatoms. The number of carbonyl (C=O) groups excluding carboxylic acids is 1. The van der Waals surface area contributed by atoms with Gasteiger partial charge in [0.1, 0.15) is 28.5 Å². The number of hydrogen-bond donors (Lipinski definition) is 3. The van der Waals surface area contributed by atoms with Crippen molar-refractivity contribution in [3.63, 3.8) is 0 Å². The van der Waals surface area contributed by atoms with Crippen LogP contribution in [0.15, 0.2) is 71.8 Å². The molecule has 0 spiro atoms. The van der Waals surface area contributed by atoms with Gasteiger partial charge in [0.15, 0.2) is 23.1 Å². The lowest BCUT2D eigenvalue weighted by molar-refractivity contribution is 0.102. The predicted octanol–water partition coefficient (Wildman–Crippen LogP) is 8.44. The SMILES string of the molecule is CCOCP(=O)(OCC)C(Nc1nccc(Oc2ccc(NC(=O)c3c(OCC)ccn(-c4ccc(F)cc4)c3=O)cc2F)c1Cl)[P+](O)(OCC)OCC. The molecule has 0 aliphatic rings. The molecule has 4 rings (SSSR count). The molecule has 4 aromatic rings. The van der Waals surface area contributed by atoms with Gasteiger partial charge < -0.3 is 29.4 Å². The summed E-state index contributed by atoms with van der Waals surface area (Å²) in [6.45, 7) is 8.66. The summed E-state index contributed by atoms with van der Waals surface area (Å²) in [5, 5.41) is 5.21. The number of hydrogen-bond acceptors (Lipinski definition) is 12. The van der Waals surface area contributed by atoms with Crippen molar-refractivity contribution in [1.29, 1.82) is 0 Å². The lowest BCUT2D eigenvalue weighted by Crippen LogP contribution is -2.30. The molecule has 0 radical (unpaired) electrons. The first kappa shape index (κ1) is 42.8. The van der Waals surface area contributed by atoms with Crippen molar-refractivity contribution >= 4 is 44.3 Å². The molecule has 1 amide bonds. The van der Waals surface area contributed by atoms with Gasteiger partial charge in [0.05, 0.1) is 26.4 Å². The van der Waals surface area contributed by atoms with Crippen molar-refractivity contribution in [2.45, 2.75) is 40.1 Å². The van der Waals surface area contributed by atoms with E-state index >= 15 is 4.39 Å². The highest BCUT2D eigenvalue weighted by Gasteiger charge is 2.61. The van der Waals surface area contributed by atoms with Crippen molar-refractivity contribution in [3.05, 3.63) is 99.6 Å². The minimum atomic E-state index is -3.97. The van der Waals surface area contributed by atoms with Gasteiger partial charge in [0.2, 0.25) is 0 Å². The number of anilines is 2. The van der Waals surface area contributed by atoms with Gasteiger partial charge >= 0.3 is 7.94 Å². The molecule has 0 fully saturated rings.